The smallest absolute Gasteiger partial charge is 0.326 e. The molecule has 16 nitrogen and oxygen atoms in total. The van der Waals surface area contributed by atoms with Gasteiger partial charge in [-0.15, -0.1) is 0 Å². The normalized spacial score (nSPS) is 14.8. The van der Waals surface area contributed by atoms with Crippen molar-refractivity contribution in [3.63, 3.8) is 0 Å². The highest BCUT2D eigenvalue weighted by Crippen LogP contribution is 2.07. The quantitative estimate of drug-likeness (QED) is 0.0436. The molecular weight excluding hydrogens is 492 g/mol. The first-order chi connectivity index (χ1) is 17.3. The molecule has 0 saturated carbocycles. The first-order valence-electron chi connectivity index (χ1n) is 11.8. The van der Waals surface area contributed by atoms with Crippen LogP contribution in [0.25, 0.3) is 0 Å². The van der Waals surface area contributed by atoms with Gasteiger partial charge in [0.15, 0.2) is 5.96 Å². The summed E-state index contributed by atoms with van der Waals surface area (Å²) in [6, 6.07) is -5.28. The van der Waals surface area contributed by atoms with Crippen LogP contribution in [0, 0.1) is 0 Å². The molecule has 3 amide bonds. The third-order valence-electron chi connectivity index (χ3n) is 5.24. The minimum Gasteiger partial charge on any atom is -0.481 e. The molecule has 5 unspecified atom stereocenters. The van der Waals surface area contributed by atoms with E-state index < -0.39 is 66.4 Å². The van der Waals surface area contributed by atoms with Gasteiger partial charge in [0.1, 0.15) is 24.2 Å². The summed E-state index contributed by atoms with van der Waals surface area (Å²) in [6.07, 6.45) is -0.743. The number of guanidine groups is 1. The Bertz CT molecular complexity index is 803. The van der Waals surface area contributed by atoms with Crippen molar-refractivity contribution >= 4 is 35.6 Å². The summed E-state index contributed by atoms with van der Waals surface area (Å²) < 4.78 is 0. The van der Waals surface area contributed by atoms with Crippen molar-refractivity contribution in [2.45, 2.75) is 82.1 Å². The van der Waals surface area contributed by atoms with Crippen LogP contribution in [0.3, 0.4) is 0 Å². The second kappa shape index (κ2) is 17.9. The minimum atomic E-state index is -1.40. The number of aliphatic carboxylic acids is 2. The van der Waals surface area contributed by atoms with Gasteiger partial charge in [-0.25, -0.2) is 4.79 Å². The number of nitrogens with two attached hydrogens (primary N) is 4. The molecule has 0 aromatic rings. The highest BCUT2D eigenvalue weighted by atomic mass is 16.4. The number of aliphatic imine (C=N–C) groups is 1. The van der Waals surface area contributed by atoms with Gasteiger partial charge >= 0.3 is 11.9 Å². The van der Waals surface area contributed by atoms with Crippen LogP contribution in [0.15, 0.2) is 4.99 Å². The molecule has 5 atom stereocenters. The number of nitrogens with zero attached hydrogens (tertiary/aromatic N) is 1. The molecule has 0 saturated heterocycles. The van der Waals surface area contributed by atoms with Crippen molar-refractivity contribution < 1.29 is 39.3 Å². The third kappa shape index (κ3) is 14.6. The molecule has 0 rings (SSSR count). The first kappa shape index (κ1) is 33.5. The summed E-state index contributed by atoms with van der Waals surface area (Å²) in [4.78, 5) is 64.6. The van der Waals surface area contributed by atoms with Crippen LogP contribution in [-0.2, 0) is 24.0 Å². The lowest BCUT2D eigenvalue weighted by Gasteiger charge is -2.25. The average Bonchev–Trinajstić information content (AvgIpc) is 2.81. The number of aliphatic hydroxyl groups excluding tert-OH is 1. The van der Waals surface area contributed by atoms with Gasteiger partial charge in [0.05, 0.1) is 6.10 Å². The molecule has 0 heterocycles. The number of aliphatic hydroxyl groups is 1. The molecule has 0 aliphatic heterocycles. The van der Waals surface area contributed by atoms with Gasteiger partial charge in [-0.2, -0.15) is 0 Å². The highest BCUT2D eigenvalue weighted by Gasteiger charge is 2.31. The Labute approximate surface area is 214 Å². The molecule has 0 spiro atoms. The molecule has 14 N–H and O–H groups in total. The van der Waals surface area contributed by atoms with E-state index in [0.29, 0.717) is 19.4 Å². The van der Waals surface area contributed by atoms with Crippen LogP contribution in [0.5, 0.6) is 0 Å². The third-order valence-corrected chi connectivity index (χ3v) is 5.24. The van der Waals surface area contributed by atoms with Crippen molar-refractivity contribution in [2.24, 2.45) is 27.9 Å². The second-order valence-electron chi connectivity index (χ2n) is 8.45. The summed E-state index contributed by atoms with van der Waals surface area (Å²) in [6.45, 7) is 1.73. The van der Waals surface area contributed by atoms with Crippen LogP contribution in [0.2, 0.25) is 0 Å². The predicted octanol–water partition coefficient (Wildman–Crippen LogP) is -3.72. The summed E-state index contributed by atoms with van der Waals surface area (Å²) >= 11 is 0. The van der Waals surface area contributed by atoms with Gasteiger partial charge in [-0.1, -0.05) is 0 Å². The van der Waals surface area contributed by atoms with E-state index in [1.807, 2.05) is 0 Å². The maximum absolute atomic E-state index is 13.0. The molecule has 0 radical (unpaired) electrons. The predicted molar refractivity (Wildman–Crippen MR) is 133 cm³/mol. The van der Waals surface area contributed by atoms with Crippen molar-refractivity contribution in [3.8, 4) is 0 Å². The fourth-order valence-electron chi connectivity index (χ4n) is 3.09. The number of unbranched alkanes of at least 4 members (excludes halogenated alkanes) is 1. The Hall–Kier alpha value is -3.50. The van der Waals surface area contributed by atoms with Crippen LogP contribution in [0.4, 0.5) is 0 Å². The zero-order chi connectivity index (χ0) is 28.5. The van der Waals surface area contributed by atoms with Gasteiger partial charge in [0.2, 0.25) is 17.7 Å². The number of carbonyl (C=O) groups is 5. The zero-order valence-corrected chi connectivity index (χ0v) is 20.9. The number of carboxylic acid groups (broad SMARTS) is 2. The lowest BCUT2D eigenvalue weighted by Crippen LogP contribution is -2.58. The largest absolute Gasteiger partial charge is 0.481 e. The standard InChI is InChI=1S/C21H40N8O8/c1-11(30)16(23)19(35)28-13(7-8-15(31)32)18(34)27-12(6-4-10-26-21(24)25)17(33)29-14(20(36)37)5-2-3-9-22/h11-14,16,30H,2-10,22-23H2,1H3,(H,27,34)(H,28,35)(H,29,33)(H,31,32)(H,36,37)(H4,24,25,26). The number of amides is 3. The van der Waals surface area contributed by atoms with Crippen molar-refractivity contribution in [1.29, 1.82) is 0 Å². The molecule has 0 aromatic carbocycles. The topological polar surface area (TPSA) is 299 Å². The lowest BCUT2D eigenvalue weighted by atomic mass is 10.0. The number of hydrogen-bond donors (Lipinski definition) is 10. The van der Waals surface area contributed by atoms with Crippen LogP contribution >= 0.6 is 0 Å². The summed E-state index contributed by atoms with van der Waals surface area (Å²) in [5.41, 5.74) is 21.6. The van der Waals surface area contributed by atoms with E-state index in [-0.39, 0.29) is 38.2 Å². The number of rotatable bonds is 19. The Morgan fingerprint density at radius 3 is 1.81 bits per heavy atom. The Kier molecular flexibility index (Phi) is 16.2. The summed E-state index contributed by atoms with van der Waals surface area (Å²) in [5.74, 6) is -5.29. The molecule has 16 heteroatoms. The SMILES string of the molecule is CC(O)C(N)C(=O)NC(CCC(=O)O)C(=O)NC(CCCN=C(N)N)C(=O)NC(CCCCN)C(=O)O. The fraction of sp³-hybridized carbons (Fsp3) is 0.714. The highest BCUT2D eigenvalue weighted by molar-refractivity contribution is 5.94. The maximum atomic E-state index is 13.0. The van der Waals surface area contributed by atoms with Gasteiger partial charge in [0, 0.05) is 13.0 Å². The van der Waals surface area contributed by atoms with Gasteiger partial charge in [-0.3, -0.25) is 24.2 Å². The monoisotopic (exact) mass is 532 g/mol. The maximum Gasteiger partial charge on any atom is 0.326 e. The minimum absolute atomic E-state index is 0.00369. The van der Waals surface area contributed by atoms with Gasteiger partial charge in [-0.05, 0) is 52.0 Å². The van der Waals surface area contributed by atoms with E-state index in [2.05, 4.69) is 20.9 Å². The van der Waals surface area contributed by atoms with E-state index in [4.69, 9.17) is 28.0 Å². The van der Waals surface area contributed by atoms with Crippen LogP contribution < -0.4 is 38.9 Å². The van der Waals surface area contributed by atoms with E-state index in [1.54, 1.807) is 0 Å². The number of carbonyl (C=O) groups excluding carboxylic acids is 3. The first-order valence-corrected chi connectivity index (χ1v) is 11.8. The summed E-state index contributed by atoms with van der Waals surface area (Å²) in [5, 5.41) is 35.1. The fourth-order valence-corrected chi connectivity index (χ4v) is 3.09. The number of carboxylic acids is 2. The Balaban J connectivity index is 5.67. The van der Waals surface area contributed by atoms with E-state index >= 15 is 0 Å². The second-order valence-corrected chi connectivity index (χ2v) is 8.45. The Morgan fingerprint density at radius 2 is 1.32 bits per heavy atom. The number of hydrogen-bond acceptors (Lipinski definition) is 9. The van der Waals surface area contributed by atoms with E-state index in [1.165, 1.54) is 6.92 Å². The Morgan fingerprint density at radius 1 is 0.811 bits per heavy atom. The van der Waals surface area contributed by atoms with Gasteiger partial charge < -0.3 is 54.2 Å². The molecule has 0 fully saturated rings. The molecule has 0 aromatic heterocycles. The molecule has 212 valence electrons. The van der Waals surface area contributed by atoms with Crippen molar-refractivity contribution in [1.82, 2.24) is 16.0 Å². The van der Waals surface area contributed by atoms with Crippen molar-refractivity contribution in [3.05, 3.63) is 0 Å². The molecule has 0 aliphatic rings. The number of nitrogens with one attached hydrogen (secondary N) is 3. The van der Waals surface area contributed by atoms with E-state index in [9.17, 15) is 34.2 Å². The van der Waals surface area contributed by atoms with Gasteiger partial charge in [0.25, 0.3) is 0 Å². The van der Waals surface area contributed by atoms with Crippen LogP contribution in [0.1, 0.15) is 51.9 Å². The lowest BCUT2D eigenvalue weighted by molar-refractivity contribution is -0.142. The van der Waals surface area contributed by atoms with E-state index in [0.717, 1.165) is 0 Å². The zero-order valence-electron chi connectivity index (χ0n) is 20.9. The molecule has 0 aliphatic carbocycles. The van der Waals surface area contributed by atoms with Crippen molar-refractivity contribution in [2.75, 3.05) is 13.1 Å². The molecule has 37 heavy (non-hydrogen) atoms. The average molecular weight is 533 g/mol. The molecular formula is C21H40N8O8. The van der Waals surface area contributed by atoms with Crippen LogP contribution in [-0.4, -0.2) is 94.3 Å². The summed E-state index contributed by atoms with van der Waals surface area (Å²) in [7, 11) is 0. The molecule has 0 bridgehead atoms.